The fraction of sp³-hybridized carbons (Fsp3) is 0.0800. The Hall–Kier alpha value is -4.30. The molecule has 36 heavy (non-hydrogen) atoms. The first-order valence-electron chi connectivity index (χ1n) is 10.3. The van der Waals surface area contributed by atoms with Crippen molar-refractivity contribution in [3.05, 3.63) is 81.3 Å². The molecule has 0 unspecified atom stereocenters. The predicted molar refractivity (Wildman–Crippen MR) is 134 cm³/mol. The maximum Gasteiger partial charge on any atom is 0.335 e. The van der Waals surface area contributed by atoms with Crippen molar-refractivity contribution in [2.75, 3.05) is 19.2 Å². The number of hydrogen-bond acceptors (Lipinski definition) is 8. The van der Waals surface area contributed by atoms with Gasteiger partial charge in [-0.2, -0.15) is 5.26 Å². The van der Waals surface area contributed by atoms with Gasteiger partial charge in [0.25, 0.3) is 5.91 Å². The lowest BCUT2D eigenvalue weighted by Crippen LogP contribution is -2.14. The summed E-state index contributed by atoms with van der Waals surface area (Å²) in [5, 5.41) is 24.4. The molecule has 0 radical (unpaired) electrons. The van der Waals surface area contributed by atoms with Crippen LogP contribution in [-0.2, 0) is 4.74 Å². The molecule has 0 atom stereocenters. The standard InChI is InChI=1S/C25H17ClN4O5S/c1-34-13-35-21-10-16(26)5-6-17(21)20-11-18(14-3-2-4-15(9-14)25(32)33)19(12-27)22(29-20)30-23(31)24-28-7-8-36-24/h2-11H,13H2,1H3,(H,32,33)(H,29,30,31). The zero-order valence-electron chi connectivity index (χ0n) is 18.7. The summed E-state index contributed by atoms with van der Waals surface area (Å²) in [4.78, 5) is 32.9. The van der Waals surface area contributed by atoms with Crippen molar-refractivity contribution >= 4 is 40.6 Å². The minimum Gasteiger partial charge on any atom is -0.478 e. The number of nitrogens with zero attached hydrogens (tertiary/aromatic N) is 3. The number of rotatable bonds is 8. The molecule has 0 aliphatic rings. The van der Waals surface area contributed by atoms with Gasteiger partial charge < -0.3 is 19.9 Å². The smallest absolute Gasteiger partial charge is 0.335 e. The van der Waals surface area contributed by atoms with Crippen LogP contribution in [0, 0.1) is 11.3 Å². The van der Waals surface area contributed by atoms with Crippen LogP contribution in [0.25, 0.3) is 22.4 Å². The van der Waals surface area contributed by atoms with Crippen LogP contribution in [0.4, 0.5) is 5.82 Å². The number of amides is 1. The van der Waals surface area contributed by atoms with Gasteiger partial charge in [-0.1, -0.05) is 23.7 Å². The average molecular weight is 521 g/mol. The van der Waals surface area contributed by atoms with Crippen molar-refractivity contribution in [3.8, 4) is 34.2 Å². The van der Waals surface area contributed by atoms with Crippen LogP contribution in [0.1, 0.15) is 25.7 Å². The second kappa shape index (κ2) is 11.0. The first-order chi connectivity index (χ1) is 17.4. The fourth-order valence-electron chi connectivity index (χ4n) is 3.38. The van der Waals surface area contributed by atoms with Crippen LogP contribution in [0.5, 0.6) is 5.75 Å². The van der Waals surface area contributed by atoms with Gasteiger partial charge in [-0.25, -0.2) is 14.8 Å². The van der Waals surface area contributed by atoms with E-state index in [-0.39, 0.29) is 28.7 Å². The molecule has 4 aromatic rings. The minimum absolute atomic E-state index is 0.0152. The molecule has 9 nitrogen and oxygen atoms in total. The van der Waals surface area contributed by atoms with Crippen molar-refractivity contribution in [2.24, 2.45) is 0 Å². The lowest BCUT2D eigenvalue weighted by Gasteiger charge is -2.16. The maximum atomic E-state index is 12.8. The van der Waals surface area contributed by atoms with Crippen LogP contribution in [-0.4, -0.2) is 40.9 Å². The van der Waals surface area contributed by atoms with Crippen LogP contribution in [0.3, 0.4) is 0 Å². The van der Waals surface area contributed by atoms with Crippen LogP contribution in [0.2, 0.25) is 5.02 Å². The number of aromatic carboxylic acids is 1. The lowest BCUT2D eigenvalue weighted by atomic mass is 9.96. The molecule has 11 heteroatoms. The molecule has 180 valence electrons. The second-order valence-electron chi connectivity index (χ2n) is 7.26. The number of methoxy groups -OCH3 is 1. The number of carboxylic acid groups (broad SMARTS) is 1. The highest BCUT2D eigenvalue weighted by molar-refractivity contribution is 7.11. The number of nitriles is 1. The molecule has 0 saturated carbocycles. The third-order valence-corrected chi connectivity index (χ3v) is 5.97. The molecule has 2 aromatic heterocycles. The summed E-state index contributed by atoms with van der Waals surface area (Å²) in [6.45, 7) is -0.0508. The molecular formula is C25H17ClN4O5S. The SMILES string of the molecule is COCOc1cc(Cl)ccc1-c1cc(-c2cccc(C(=O)O)c2)c(C#N)c(NC(=O)c2nccs2)n1. The zero-order valence-corrected chi connectivity index (χ0v) is 20.3. The van der Waals surface area contributed by atoms with Gasteiger partial charge in [-0.3, -0.25) is 4.79 Å². The maximum absolute atomic E-state index is 12.8. The van der Waals surface area contributed by atoms with E-state index in [9.17, 15) is 20.0 Å². The molecule has 2 N–H and O–H groups in total. The van der Waals surface area contributed by atoms with Gasteiger partial charge in [0.05, 0.1) is 11.3 Å². The van der Waals surface area contributed by atoms with E-state index in [2.05, 4.69) is 21.4 Å². The number of carbonyl (C=O) groups excluding carboxylic acids is 1. The summed E-state index contributed by atoms with van der Waals surface area (Å²) in [5.41, 5.74) is 1.78. The molecule has 0 aliphatic carbocycles. The monoisotopic (exact) mass is 520 g/mol. The predicted octanol–water partition coefficient (Wildman–Crippen LogP) is 5.33. The van der Waals surface area contributed by atoms with Crippen molar-refractivity contribution in [3.63, 3.8) is 0 Å². The van der Waals surface area contributed by atoms with E-state index >= 15 is 0 Å². The molecule has 0 saturated heterocycles. The van der Waals surface area contributed by atoms with Crippen molar-refractivity contribution in [2.45, 2.75) is 0 Å². The minimum atomic E-state index is -1.12. The molecule has 0 bridgehead atoms. The summed E-state index contributed by atoms with van der Waals surface area (Å²) >= 11 is 7.30. The number of hydrogen-bond donors (Lipinski definition) is 2. The summed E-state index contributed by atoms with van der Waals surface area (Å²) in [7, 11) is 1.48. The van der Waals surface area contributed by atoms with E-state index in [0.717, 1.165) is 11.3 Å². The van der Waals surface area contributed by atoms with Gasteiger partial charge in [0.1, 0.15) is 17.4 Å². The van der Waals surface area contributed by atoms with E-state index in [1.165, 1.54) is 25.4 Å². The largest absolute Gasteiger partial charge is 0.478 e. The molecule has 1 amide bonds. The molecule has 0 spiro atoms. The van der Waals surface area contributed by atoms with E-state index in [0.29, 0.717) is 33.2 Å². The highest BCUT2D eigenvalue weighted by atomic mass is 35.5. The Morgan fingerprint density at radius 2 is 2.03 bits per heavy atom. The fourth-order valence-corrected chi connectivity index (χ4v) is 4.07. The zero-order chi connectivity index (χ0) is 25.7. The Labute approximate surface area is 214 Å². The van der Waals surface area contributed by atoms with Gasteiger partial charge in [0.2, 0.25) is 0 Å². The van der Waals surface area contributed by atoms with E-state index in [1.54, 1.807) is 41.8 Å². The van der Waals surface area contributed by atoms with Gasteiger partial charge in [-0.15, -0.1) is 11.3 Å². The third kappa shape index (κ3) is 5.34. The molecule has 0 fully saturated rings. The molecular weight excluding hydrogens is 504 g/mol. The topological polar surface area (TPSA) is 134 Å². The van der Waals surface area contributed by atoms with Crippen molar-refractivity contribution in [1.29, 1.82) is 5.26 Å². The Kier molecular flexibility index (Phi) is 7.56. The van der Waals surface area contributed by atoms with Gasteiger partial charge in [0, 0.05) is 34.8 Å². The third-order valence-electron chi connectivity index (χ3n) is 4.96. The van der Waals surface area contributed by atoms with Crippen LogP contribution in [0.15, 0.2) is 60.1 Å². The number of thiazole rings is 1. The Balaban J connectivity index is 1.94. The quantitative estimate of drug-likeness (QED) is 0.298. The van der Waals surface area contributed by atoms with E-state index in [1.807, 2.05) is 0 Å². The van der Waals surface area contributed by atoms with Gasteiger partial charge >= 0.3 is 5.97 Å². The van der Waals surface area contributed by atoms with Gasteiger partial charge in [-0.05, 0) is 42.0 Å². The van der Waals surface area contributed by atoms with Gasteiger partial charge in [0.15, 0.2) is 17.6 Å². The number of carbonyl (C=O) groups is 2. The Bertz CT molecular complexity index is 1480. The first-order valence-corrected chi connectivity index (χ1v) is 11.6. The lowest BCUT2D eigenvalue weighted by molar-refractivity contribution is 0.0515. The number of aromatic nitrogens is 2. The summed E-state index contributed by atoms with van der Waals surface area (Å²) < 4.78 is 10.7. The molecule has 4 rings (SSSR count). The second-order valence-corrected chi connectivity index (χ2v) is 8.59. The number of benzene rings is 2. The average Bonchev–Trinajstić information content (AvgIpc) is 3.42. The molecule has 0 aliphatic heterocycles. The Morgan fingerprint density at radius 3 is 2.72 bits per heavy atom. The molecule has 2 aromatic carbocycles. The summed E-state index contributed by atoms with van der Waals surface area (Å²) in [6.07, 6.45) is 1.49. The highest BCUT2D eigenvalue weighted by Gasteiger charge is 2.21. The number of carboxylic acids is 1. The summed E-state index contributed by atoms with van der Waals surface area (Å²) in [6, 6.07) is 14.8. The number of halogens is 1. The summed E-state index contributed by atoms with van der Waals surface area (Å²) in [5.74, 6) is -1.30. The van der Waals surface area contributed by atoms with Crippen LogP contribution < -0.4 is 10.1 Å². The first kappa shape index (κ1) is 24.8. The molecule has 2 heterocycles. The number of nitrogens with one attached hydrogen (secondary N) is 1. The Morgan fingerprint density at radius 1 is 1.19 bits per heavy atom. The number of pyridine rings is 1. The highest BCUT2D eigenvalue weighted by Crippen LogP contribution is 2.37. The van der Waals surface area contributed by atoms with E-state index < -0.39 is 11.9 Å². The van der Waals surface area contributed by atoms with E-state index in [4.69, 9.17) is 21.1 Å². The number of ether oxygens (including phenoxy) is 2. The normalized spacial score (nSPS) is 10.5. The van der Waals surface area contributed by atoms with Crippen molar-refractivity contribution < 1.29 is 24.2 Å². The van der Waals surface area contributed by atoms with Crippen LogP contribution >= 0.6 is 22.9 Å². The van der Waals surface area contributed by atoms with Crippen molar-refractivity contribution in [1.82, 2.24) is 9.97 Å². The number of anilines is 1.